The van der Waals surface area contributed by atoms with E-state index >= 15 is 0 Å². The molecule has 0 aromatic heterocycles. The summed E-state index contributed by atoms with van der Waals surface area (Å²) in [6.45, 7) is 2.79. The highest BCUT2D eigenvalue weighted by Gasteiger charge is 2.18. The second kappa shape index (κ2) is 8.85. The molecule has 140 valence electrons. The highest BCUT2D eigenvalue weighted by Crippen LogP contribution is 2.19. The quantitative estimate of drug-likeness (QED) is 0.713. The van der Waals surface area contributed by atoms with Gasteiger partial charge in [-0.2, -0.15) is 0 Å². The fraction of sp³-hybridized carbons (Fsp3) is 0.350. The summed E-state index contributed by atoms with van der Waals surface area (Å²) in [7, 11) is -1.62. The van der Waals surface area contributed by atoms with Crippen LogP contribution < -0.4 is 4.31 Å². The zero-order chi connectivity index (χ0) is 19.2. The van der Waals surface area contributed by atoms with Gasteiger partial charge in [-0.25, -0.2) is 8.42 Å². The fourth-order valence-electron chi connectivity index (χ4n) is 2.71. The van der Waals surface area contributed by atoms with Crippen molar-refractivity contribution in [1.29, 1.82) is 0 Å². The first-order valence-electron chi connectivity index (χ1n) is 8.59. The lowest BCUT2D eigenvalue weighted by atomic mass is 10.2. The number of hydrogen-bond donors (Lipinski definition) is 0. The van der Waals surface area contributed by atoms with Crippen LogP contribution in [0.1, 0.15) is 24.0 Å². The van der Waals surface area contributed by atoms with Gasteiger partial charge in [-0.15, -0.1) is 0 Å². The summed E-state index contributed by atoms with van der Waals surface area (Å²) in [5.74, 6) is 0.00575. The van der Waals surface area contributed by atoms with E-state index in [1.165, 1.54) is 10.6 Å². The summed E-state index contributed by atoms with van der Waals surface area (Å²) in [5, 5.41) is 0. The Labute approximate surface area is 156 Å². The van der Waals surface area contributed by atoms with Crippen molar-refractivity contribution in [2.45, 2.75) is 26.3 Å². The molecular weight excluding hydrogens is 348 g/mol. The van der Waals surface area contributed by atoms with Crippen molar-refractivity contribution in [2.24, 2.45) is 0 Å². The van der Waals surface area contributed by atoms with E-state index in [9.17, 15) is 13.2 Å². The lowest BCUT2D eigenvalue weighted by molar-refractivity contribution is -0.130. The van der Waals surface area contributed by atoms with E-state index in [2.05, 4.69) is 0 Å². The number of rotatable bonds is 8. The van der Waals surface area contributed by atoms with Gasteiger partial charge >= 0.3 is 0 Å². The summed E-state index contributed by atoms with van der Waals surface area (Å²) >= 11 is 0. The predicted molar refractivity (Wildman–Crippen MR) is 106 cm³/mol. The Hall–Kier alpha value is -2.34. The molecule has 2 aromatic carbocycles. The lowest BCUT2D eigenvalue weighted by Gasteiger charge is -2.23. The van der Waals surface area contributed by atoms with Crippen LogP contribution in [0.25, 0.3) is 0 Å². The number of nitrogens with zero attached hydrogens (tertiary/aromatic N) is 2. The average molecular weight is 375 g/mol. The predicted octanol–water partition coefficient (Wildman–Crippen LogP) is 3.20. The third kappa shape index (κ3) is 5.88. The minimum absolute atomic E-state index is 0.00575. The van der Waals surface area contributed by atoms with E-state index in [0.717, 1.165) is 11.1 Å². The molecule has 5 nitrogen and oxygen atoms in total. The van der Waals surface area contributed by atoms with Crippen molar-refractivity contribution in [3.05, 3.63) is 65.7 Å². The Morgan fingerprint density at radius 1 is 1.00 bits per heavy atom. The highest BCUT2D eigenvalue weighted by molar-refractivity contribution is 7.92. The monoisotopic (exact) mass is 374 g/mol. The van der Waals surface area contributed by atoms with Crippen molar-refractivity contribution in [2.75, 3.05) is 24.2 Å². The number of sulfonamides is 1. The smallest absolute Gasteiger partial charge is 0.232 e. The molecule has 0 radical (unpaired) electrons. The molecule has 0 saturated heterocycles. The summed E-state index contributed by atoms with van der Waals surface area (Å²) in [6.07, 6.45) is 1.97. The minimum atomic E-state index is -3.39. The first-order valence-corrected chi connectivity index (χ1v) is 10.4. The number of aryl methyl sites for hydroxylation is 1. The third-order valence-corrected chi connectivity index (χ3v) is 5.36. The van der Waals surface area contributed by atoms with Crippen LogP contribution >= 0.6 is 0 Å². The molecule has 0 fully saturated rings. The number of carbonyl (C=O) groups is 1. The van der Waals surface area contributed by atoms with Gasteiger partial charge in [0.2, 0.25) is 15.9 Å². The standard InChI is InChI=1S/C20H26N2O3S/c1-17-11-13-19(14-12-17)22(26(3,24)25)15-7-10-20(23)21(2)16-18-8-5-4-6-9-18/h4-6,8-9,11-14H,7,10,15-16H2,1-3H3. The highest BCUT2D eigenvalue weighted by atomic mass is 32.2. The Kier molecular flexibility index (Phi) is 6.80. The molecule has 1 amide bonds. The lowest BCUT2D eigenvalue weighted by Crippen LogP contribution is -2.32. The van der Waals surface area contributed by atoms with Gasteiger partial charge in [-0.05, 0) is 31.0 Å². The van der Waals surface area contributed by atoms with Gasteiger partial charge in [-0.1, -0.05) is 48.0 Å². The molecule has 0 heterocycles. The molecule has 2 rings (SSSR count). The Morgan fingerprint density at radius 2 is 1.62 bits per heavy atom. The zero-order valence-corrected chi connectivity index (χ0v) is 16.4. The van der Waals surface area contributed by atoms with Gasteiger partial charge in [0.1, 0.15) is 0 Å². The number of benzene rings is 2. The Bertz CT molecular complexity index is 818. The Morgan fingerprint density at radius 3 is 2.19 bits per heavy atom. The van der Waals surface area contributed by atoms with Gasteiger partial charge in [0.05, 0.1) is 11.9 Å². The SMILES string of the molecule is Cc1ccc(N(CCCC(=O)N(C)Cc2ccccc2)S(C)(=O)=O)cc1. The van der Waals surface area contributed by atoms with E-state index in [4.69, 9.17) is 0 Å². The Balaban J connectivity index is 1.92. The van der Waals surface area contributed by atoms with Gasteiger partial charge < -0.3 is 4.90 Å². The van der Waals surface area contributed by atoms with Crippen molar-refractivity contribution >= 4 is 21.6 Å². The number of carbonyl (C=O) groups excluding carboxylic acids is 1. The van der Waals surface area contributed by atoms with Crippen LogP contribution in [-0.2, 0) is 21.4 Å². The van der Waals surface area contributed by atoms with E-state index in [-0.39, 0.29) is 12.5 Å². The molecule has 0 bridgehead atoms. The van der Waals surface area contributed by atoms with Crippen LogP contribution in [0.2, 0.25) is 0 Å². The van der Waals surface area contributed by atoms with Crippen molar-refractivity contribution in [3.63, 3.8) is 0 Å². The molecule has 2 aromatic rings. The van der Waals surface area contributed by atoms with E-state index in [1.807, 2.05) is 49.4 Å². The first-order chi connectivity index (χ1) is 12.3. The molecule has 0 saturated carbocycles. The van der Waals surface area contributed by atoms with Crippen LogP contribution in [-0.4, -0.2) is 39.1 Å². The molecule has 0 aliphatic carbocycles. The summed E-state index contributed by atoms with van der Waals surface area (Å²) in [6, 6.07) is 17.1. The number of hydrogen-bond acceptors (Lipinski definition) is 3. The van der Waals surface area contributed by atoms with Crippen LogP contribution in [0.5, 0.6) is 0 Å². The second-order valence-corrected chi connectivity index (χ2v) is 8.42. The topological polar surface area (TPSA) is 57.7 Å². The largest absolute Gasteiger partial charge is 0.341 e. The number of amides is 1. The van der Waals surface area contributed by atoms with Crippen LogP contribution in [0, 0.1) is 6.92 Å². The van der Waals surface area contributed by atoms with Crippen LogP contribution in [0.15, 0.2) is 54.6 Å². The van der Waals surface area contributed by atoms with Crippen molar-refractivity contribution < 1.29 is 13.2 Å². The molecule has 0 atom stereocenters. The minimum Gasteiger partial charge on any atom is -0.341 e. The number of anilines is 1. The zero-order valence-electron chi connectivity index (χ0n) is 15.6. The van der Waals surface area contributed by atoms with Crippen molar-refractivity contribution in [1.82, 2.24) is 4.90 Å². The summed E-state index contributed by atoms with van der Waals surface area (Å²) in [5.41, 5.74) is 2.77. The van der Waals surface area contributed by atoms with Gasteiger partial charge in [0.15, 0.2) is 0 Å². The first kappa shape index (κ1) is 20.0. The maximum atomic E-state index is 12.3. The fourth-order valence-corrected chi connectivity index (χ4v) is 3.67. The third-order valence-electron chi connectivity index (χ3n) is 4.16. The molecular formula is C20H26N2O3S. The normalized spacial score (nSPS) is 11.2. The molecule has 0 unspecified atom stereocenters. The van der Waals surface area contributed by atoms with Crippen molar-refractivity contribution in [3.8, 4) is 0 Å². The summed E-state index contributed by atoms with van der Waals surface area (Å²) < 4.78 is 25.6. The maximum Gasteiger partial charge on any atom is 0.232 e. The summed E-state index contributed by atoms with van der Waals surface area (Å²) in [4.78, 5) is 14.0. The van der Waals surface area contributed by atoms with Gasteiger partial charge in [0.25, 0.3) is 0 Å². The molecule has 26 heavy (non-hydrogen) atoms. The van der Waals surface area contributed by atoms with E-state index in [0.29, 0.717) is 25.1 Å². The second-order valence-electron chi connectivity index (χ2n) is 6.51. The van der Waals surface area contributed by atoms with Gasteiger partial charge in [-0.3, -0.25) is 9.10 Å². The van der Waals surface area contributed by atoms with Gasteiger partial charge in [0, 0.05) is 26.6 Å². The molecule has 0 aliphatic rings. The van der Waals surface area contributed by atoms with Crippen LogP contribution in [0.4, 0.5) is 5.69 Å². The molecule has 0 spiro atoms. The molecule has 6 heteroatoms. The maximum absolute atomic E-state index is 12.3. The van der Waals surface area contributed by atoms with E-state index in [1.54, 1.807) is 24.1 Å². The van der Waals surface area contributed by atoms with Crippen LogP contribution in [0.3, 0.4) is 0 Å². The van der Waals surface area contributed by atoms with E-state index < -0.39 is 10.0 Å². The average Bonchev–Trinajstić information content (AvgIpc) is 2.59. The molecule has 0 N–H and O–H groups in total. The molecule has 0 aliphatic heterocycles.